The maximum atomic E-state index is 12.5. The number of benzene rings is 1. The first kappa shape index (κ1) is 14.8. The molecule has 1 aliphatic rings. The highest BCUT2D eigenvalue weighted by molar-refractivity contribution is 6.31. The highest BCUT2D eigenvalue weighted by Gasteiger charge is 2.22. The van der Waals surface area contributed by atoms with Gasteiger partial charge in [-0.1, -0.05) is 11.6 Å². The molecule has 0 radical (unpaired) electrons. The molecule has 1 fully saturated rings. The van der Waals surface area contributed by atoms with E-state index in [2.05, 4.69) is 10.6 Å². The number of nitrogens with zero attached hydrogens (tertiary/aromatic N) is 1. The van der Waals surface area contributed by atoms with Crippen molar-refractivity contribution in [3.8, 4) is 0 Å². The molecule has 108 valence electrons. The van der Waals surface area contributed by atoms with Gasteiger partial charge in [0.15, 0.2) is 0 Å². The zero-order chi connectivity index (χ0) is 14.5. The molecule has 0 aliphatic carbocycles. The molecule has 0 aromatic heterocycles. The number of hydrogen-bond donors (Lipinski definition) is 2. The second-order valence-corrected chi connectivity index (χ2v) is 5.20. The normalized spacial score (nSPS) is 14.4. The number of carbonyl (C=O) groups excluding carboxylic acids is 2. The lowest BCUT2D eigenvalue weighted by Gasteiger charge is -2.18. The zero-order valence-corrected chi connectivity index (χ0v) is 12.2. The van der Waals surface area contributed by atoms with Crippen molar-refractivity contribution >= 4 is 29.1 Å². The Balaban J connectivity index is 2.23. The fourth-order valence-corrected chi connectivity index (χ4v) is 2.42. The Bertz CT molecular complexity index is 513. The number of anilines is 1. The number of likely N-dealkylation sites (N-methyl/N-ethyl adjacent to an activating group) is 1. The molecular weight excluding hydrogens is 278 g/mol. The van der Waals surface area contributed by atoms with Crippen molar-refractivity contribution in [3.63, 3.8) is 0 Å². The molecule has 1 heterocycles. The van der Waals surface area contributed by atoms with Crippen LogP contribution in [0.5, 0.6) is 0 Å². The number of halogens is 1. The van der Waals surface area contributed by atoms with Crippen LogP contribution >= 0.6 is 11.6 Å². The standard InChI is InChI=1S/C14H18ClN3O2/c1-16-9-13(19)17-12-5-4-10(15)8-11(12)14(20)18-6-2-3-7-18/h4-5,8,16H,2-3,6-7,9H2,1H3,(H,17,19). The van der Waals surface area contributed by atoms with Gasteiger partial charge in [0, 0.05) is 18.1 Å². The van der Waals surface area contributed by atoms with Crippen LogP contribution in [0.2, 0.25) is 5.02 Å². The molecule has 1 aliphatic heterocycles. The van der Waals surface area contributed by atoms with Crippen molar-refractivity contribution in [2.75, 3.05) is 32.0 Å². The van der Waals surface area contributed by atoms with Gasteiger partial charge in [-0.3, -0.25) is 9.59 Å². The first-order chi connectivity index (χ1) is 9.61. The molecule has 1 aromatic carbocycles. The number of hydrogen-bond acceptors (Lipinski definition) is 3. The van der Waals surface area contributed by atoms with E-state index >= 15 is 0 Å². The molecule has 0 unspecified atom stereocenters. The predicted octanol–water partition coefficient (Wildman–Crippen LogP) is 1.73. The summed E-state index contributed by atoms with van der Waals surface area (Å²) in [6.07, 6.45) is 2.04. The van der Waals surface area contributed by atoms with Crippen molar-refractivity contribution in [3.05, 3.63) is 28.8 Å². The van der Waals surface area contributed by atoms with Crippen molar-refractivity contribution < 1.29 is 9.59 Å². The second kappa shape index (κ2) is 6.72. The van der Waals surface area contributed by atoms with Gasteiger partial charge in [-0.05, 0) is 38.1 Å². The third-order valence-corrected chi connectivity index (χ3v) is 3.45. The molecule has 6 heteroatoms. The molecule has 1 aromatic rings. The lowest BCUT2D eigenvalue weighted by Crippen LogP contribution is -2.30. The van der Waals surface area contributed by atoms with Gasteiger partial charge in [0.2, 0.25) is 5.91 Å². The molecule has 2 rings (SSSR count). The van der Waals surface area contributed by atoms with E-state index in [9.17, 15) is 9.59 Å². The number of nitrogens with one attached hydrogen (secondary N) is 2. The fourth-order valence-electron chi connectivity index (χ4n) is 2.25. The molecule has 0 saturated carbocycles. The molecule has 2 amide bonds. The van der Waals surface area contributed by atoms with Gasteiger partial charge < -0.3 is 15.5 Å². The largest absolute Gasteiger partial charge is 0.339 e. The van der Waals surface area contributed by atoms with Crippen molar-refractivity contribution in [2.24, 2.45) is 0 Å². The second-order valence-electron chi connectivity index (χ2n) is 4.77. The minimum absolute atomic E-state index is 0.0789. The fraction of sp³-hybridized carbons (Fsp3) is 0.429. The topological polar surface area (TPSA) is 61.4 Å². The van der Waals surface area contributed by atoms with Crippen LogP contribution in [-0.4, -0.2) is 43.4 Å². The predicted molar refractivity (Wildman–Crippen MR) is 79.1 cm³/mol. The smallest absolute Gasteiger partial charge is 0.256 e. The van der Waals surface area contributed by atoms with Crippen molar-refractivity contribution in [1.29, 1.82) is 0 Å². The monoisotopic (exact) mass is 295 g/mol. The summed E-state index contributed by atoms with van der Waals surface area (Å²) >= 11 is 5.97. The Morgan fingerprint density at radius 1 is 1.30 bits per heavy atom. The van der Waals surface area contributed by atoms with E-state index in [0.717, 1.165) is 25.9 Å². The summed E-state index contributed by atoms with van der Waals surface area (Å²) in [4.78, 5) is 25.9. The lowest BCUT2D eigenvalue weighted by atomic mass is 10.1. The van der Waals surface area contributed by atoms with E-state index in [1.165, 1.54) is 0 Å². The summed E-state index contributed by atoms with van der Waals surface area (Å²) in [6.45, 7) is 1.71. The van der Waals surface area contributed by atoms with E-state index in [-0.39, 0.29) is 18.4 Å². The van der Waals surface area contributed by atoms with E-state index in [1.54, 1.807) is 30.1 Å². The summed E-state index contributed by atoms with van der Waals surface area (Å²) in [5.41, 5.74) is 0.954. The first-order valence-electron chi connectivity index (χ1n) is 6.65. The summed E-state index contributed by atoms with van der Waals surface area (Å²) in [6, 6.07) is 4.94. The van der Waals surface area contributed by atoms with E-state index < -0.39 is 0 Å². The minimum atomic E-state index is -0.190. The van der Waals surface area contributed by atoms with Gasteiger partial charge in [-0.2, -0.15) is 0 Å². The van der Waals surface area contributed by atoms with Gasteiger partial charge in [0.25, 0.3) is 5.91 Å². The van der Waals surface area contributed by atoms with Crippen LogP contribution in [-0.2, 0) is 4.79 Å². The first-order valence-corrected chi connectivity index (χ1v) is 7.03. The summed E-state index contributed by atoms with van der Waals surface area (Å²) in [5.74, 6) is -0.268. The maximum Gasteiger partial charge on any atom is 0.256 e. The highest BCUT2D eigenvalue weighted by atomic mass is 35.5. The van der Waals surface area contributed by atoms with Gasteiger partial charge in [0.05, 0.1) is 17.8 Å². The Labute approximate surface area is 123 Å². The van der Waals surface area contributed by atoms with Gasteiger partial charge in [-0.15, -0.1) is 0 Å². The third kappa shape index (κ3) is 3.49. The van der Waals surface area contributed by atoms with Gasteiger partial charge in [-0.25, -0.2) is 0 Å². The SMILES string of the molecule is CNCC(=O)Nc1ccc(Cl)cc1C(=O)N1CCCC1. The van der Waals surface area contributed by atoms with E-state index in [4.69, 9.17) is 11.6 Å². The molecule has 5 nitrogen and oxygen atoms in total. The van der Waals surface area contributed by atoms with Crippen LogP contribution in [0, 0.1) is 0 Å². The van der Waals surface area contributed by atoms with Crippen molar-refractivity contribution in [2.45, 2.75) is 12.8 Å². The summed E-state index contributed by atoms with van der Waals surface area (Å²) in [7, 11) is 1.69. The summed E-state index contributed by atoms with van der Waals surface area (Å²) < 4.78 is 0. The van der Waals surface area contributed by atoms with Crippen LogP contribution < -0.4 is 10.6 Å². The van der Waals surface area contributed by atoms with Crippen LogP contribution in [0.25, 0.3) is 0 Å². The molecule has 0 spiro atoms. The molecular formula is C14H18ClN3O2. The highest BCUT2D eigenvalue weighted by Crippen LogP contribution is 2.24. The van der Waals surface area contributed by atoms with Gasteiger partial charge >= 0.3 is 0 Å². The van der Waals surface area contributed by atoms with Gasteiger partial charge in [0.1, 0.15) is 0 Å². The quantitative estimate of drug-likeness (QED) is 0.889. The lowest BCUT2D eigenvalue weighted by molar-refractivity contribution is -0.115. The number of amides is 2. The number of likely N-dealkylation sites (tertiary alicyclic amines) is 1. The van der Waals surface area contributed by atoms with E-state index in [0.29, 0.717) is 16.3 Å². The number of carbonyl (C=O) groups is 2. The molecule has 0 atom stereocenters. The van der Waals surface area contributed by atoms with Crippen LogP contribution in [0.4, 0.5) is 5.69 Å². The molecule has 0 bridgehead atoms. The average molecular weight is 296 g/mol. The van der Waals surface area contributed by atoms with Crippen molar-refractivity contribution in [1.82, 2.24) is 10.2 Å². The maximum absolute atomic E-state index is 12.5. The Kier molecular flexibility index (Phi) is 4.98. The van der Waals surface area contributed by atoms with E-state index in [1.807, 2.05) is 0 Å². The van der Waals surface area contributed by atoms with Crippen LogP contribution in [0.3, 0.4) is 0 Å². The van der Waals surface area contributed by atoms with Crippen LogP contribution in [0.15, 0.2) is 18.2 Å². The Hall–Kier alpha value is -1.59. The molecule has 1 saturated heterocycles. The molecule has 2 N–H and O–H groups in total. The van der Waals surface area contributed by atoms with Crippen LogP contribution in [0.1, 0.15) is 23.2 Å². The Morgan fingerprint density at radius 2 is 2.00 bits per heavy atom. The zero-order valence-electron chi connectivity index (χ0n) is 11.4. The average Bonchev–Trinajstić information content (AvgIpc) is 2.94. The number of rotatable bonds is 4. The summed E-state index contributed by atoms with van der Waals surface area (Å²) in [5, 5.41) is 5.99. The Morgan fingerprint density at radius 3 is 2.65 bits per heavy atom. The third-order valence-electron chi connectivity index (χ3n) is 3.22. The minimum Gasteiger partial charge on any atom is -0.339 e. The molecule has 20 heavy (non-hydrogen) atoms.